The highest BCUT2D eigenvalue weighted by atomic mass is 16.5. The van der Waals surface area contributed by atoms with Gasteiger partial charge in [0, 0.05) is 7.11 Å². The monoisotopic (exact) mass is 297 g/mol. The van der Waals surface area contributed by atoms with Crippen LogP contribution in [0.3, 0.4) is 0 Å². The van der Waals surface area contributed by atoms with Crippen LogP contribution >= 0.6 is 0 Å². The van der Waals surface area contributed by atoms with E-state index in [1.165, 1.54) is 0 Å². The van der Waals surface area contributed by atoms with Crippen LogP contribution in [0.4, 0.5) is 0 Å². The molecular formula is C15H27N3O3. The third-order valence-electron chi connectivity index (χ3n) is 5.11. The van der Waals surface area contributed by atoms with Gasteiger partial charge in [-0.3, -0.25) is 4.79 Å². The summed E-state index contributed by atoms with van der Waals surface area (Å²) in [5.74, 6) is 0.0582. The average Bonchev–Trinajstić information content (AvgIpc) is 2.68. The minimum absolute atomic E-state index is 0.0648. The Morgan fingerprint density at radius 2 is 1.81 bits per heavy atom. The second kappa shape index (κ2) is 6.64. The van der Waals surface area contributed by atoms with E-state index < -0.39 is 5.54 Å². The number of nitrogens with one attached hydrogen (secondary N) is 1. The first-order valence-electron chi connectivity index (χ1n) is 7.90. The van der Waals surface area contributed by atoms with Gasteiger partial charge in [0.05, 0.1) is 12.0 Å². The van der Waals surface area contributed by atoms with Crippen LogP contribution in [0.1, 0.15) is 64.2 Å². The first-order chi connectivity index (χ1) is 10.1. The Morgan fingerprint density at radius 3 is 2.24 bits per heavy atom. The molecule has 0 aliphatic heterocycles. The maximum Gasteiger partial charge on any atom is 0.223 e. The summed E-state index contributed by atoms with van der Waals surface area (Å²) in [6.45, 7) is 0. The number of oxime groups is 1. The quantitative estimate of drug-likeness (QED) is 0.237. The fraction of sp³-hybridized carbons (Fsp3) is 0.867. The molecule has 120 valence electrons. The van der Waals surface area contributed by atoms with Gasteiger partial charge in [0.25, 0.3) is 0 Å². The Labute approximate surface area is 126 Å². The highest BCUT2D eigenvalue weighted by Crippen LogP contribution is 2.38. The van der Waals surface area contributed by atoms with E-state index in [0.717, 1.165) is 57.8 Å². The summed E-state index contributed by atoms with van der Waals surface area (Å²) in [6.07, 6.45) is 8.97. The van der Waals surface area contributed by atoms with E-state index in [2.05, 4.69) is 10.5 Å². The van der Waals surface area contributed by atoms with Crippen LogP contribution in [0.15, 0.2) is 5.16 Å². The number of amides is 1. The van der Waals surface area contributed by atoms with Crippen molar-refractivity contribution in [1.82, 2.24) is 5.32 Å². The molecular weight excluding hydrogens is 270 g/mol. The Kier molecular flexibility index (Phi) is 5.08. The number of rotatable bonds is 5. The fourth-order valence-corrected chi connectivity index (χ4v) is 3.50. The summed E-state index contributed by atoms with van der Waals surface area (Å²) in [7, 11) is 1.66. The van der Waals surface area contributed by atoms with E-state index in [4.69, 9.17) is 15.7 Å². The van der Waals surface area contributed by atoms with Crippen LogP contribution in [-0.4, -0.2) is 35.2 Å². The van der Waals surface area contributed by atoms with Gasteiger partial charge in [-0.1, -0.05) is 30.8 Å². The summed E-state index contributed by atoms with van der Waals surface area (Å²) in [4.78, 5) is 12.4. The van der Waals surface area contributed by atoms with Crippen LogP contribution in [-0.2, 0) is 9.53 Å². The minimum Gasteiger partial charge on any atom is -0.409 e. The topological polar surface area (TPSA) is 96.9 Å². The molecule has 1 amide bonds. The lowest BCUT2D eigenvalue weighted by molar-refractivity contribution is -0.135. The Balaban J connectivity index is 2.05. The van der Waals surface area contributed by atoms with Gasteiger partial charge in [-0.25, -0.2) is 0 Å². The van der Waals surface area contributed by atoms with Crippen molar-refractivity contribution >= 4 is 11.7 Å². The van der Waals surface area contributed by atoms with E-state index in [9.17, 15) is 4.79 Å². The Hall–Kier alpha value is -1.30. The fourth-order valence-electron chi connectivity index (χ4n) is 3.50. The van der Waals surface area contributed by atoms with Crippen molar-refractivity contribution in [1.29, 1.82) is 0 Å². The van der Waals surface area contributed by atoms with Crippen molar-refractivity contribution in [2.75, 3.05) is 7.11 Å². The zero-order chi connectivity index (χ0) is 15.3. The van der Waals surface area contributed by atoms with E-state index >= 15 is 0 Å². The van der Waals surface area contributed by atoms with E-state index in [-0.39, 0.29) is 17.3 Å². The van der Waals surface area contributed by atoms with Crippen LogP contribution in [0.25, 0.3) is 0 Å². The van der Waals surface area contributed by atoms with Gasteiger partial charge in [0.1, 0.15) is 5.54 Å². The number of hydrogen-bond donors (Lipinski definition) is 3. The van der Waals surface area contributed by atoms with Gasteiger partial charge in [-0.2, -0.15) is 0 Å². The van der Waals surface area contributed by atoms with Crippen LogP contribution in [0.2, 0.25) is 0 Å². The minimum atomic E-state index is -0.693. The molecule has 0 atom stereocenters. The standard InChI is InChI=1S/C15H27N3O3/c1-21-14(7-6-8-14)11-12(19)17-15(13(16)18-20)9-4-2-3-5-10-15/h20H,2-11H2,1H3,(H2,16,18)(H,17,19). The molecule has 0 spiro atoms. The number of methoxy groups -OCH3 is 1. The van der Waals surface area contributed by atoms with Crippen LogP contribution in [0.5, 0.6) is 0 Å². The first-order valence-corrected chi connectivity index (χ1v) is 7.90. The van der Waals surface area contributed by atoms with E-state index in [0.29, 0.717) is 6.42 Å². The summed E-state index contributed by atoms with van der Waals surface area (Å²) < 4.78 is 5.51. The largest absolute Gasteiger partial charge is 0.409 e. The molecule has 2 aliphatic rings. The van der Waals surface area contributed by atoms with Gasteiger partial charge in [0.2, 0.25) is 5.91 Å². The highest BCUT2D eigenvalue weighted by Gasteiger charge is 2.42. The summed E-state index contributed by atoms with van der Waals surface area (Å²) in [5, 5.41) is 15.3. The SMILES string of the molecule is COC1(CC(=O)NC2(C(N)=NO)CCCCCC2)CCC1. The molecule has 2 saturated carbocycles. The zero-order valence-electron chi connectivity index (χ0n) is 12.9. The molecule has 2 fully saturated rings. The molecule has 0 aromatic rings. The highest BCUT2D eigenvalue weighted by molar-refractivity contribution is 5.94. The molecule has 6 nitrogen and oxygen atoms in total. The molecule has 0 aromatic heterocycles. The maximum atomic E-state index is 12.4. The van der Waals surface area contributed by atoms with Gasteiger partial charge >= 0.3 is 0 Å². The van der Waals surface area contributed by atoms with E-state index in [1.807, 2.05) is 0 Å². The van der Waals surface area contributed by atoms with Crippen molar-refractivity contribution < 1.29 is 14.7 Å². The van der Waals surface area contributed by atoms with Crippen molar-refractivity contribution in [3.63, 3.8) is 0 Å². The van der Waals surface area contributed by atoms with Gasteiger partial charge < -0.3 is 21.0 Å². The van der Waals surface area contributed by atoms with Crippen molar-refractivity contribution in [3.8, 4) is 0 Å². The first kappa shape index (κ1) is 16.1. The van der Waals surface area contributed by atoms with Gasteiger partial charge in [-0.15, -0.1) is 0 Å². The smallest absolute Gasteiger partial charge is 0.223 e. The number of ether oxygens (including phenoxy) is 1. The number of carbonyl (C=O) groups is 1. The molecule has 4 N–H and O–H groups in total. The number of nitrogens with two attached hydrogens (primary N) is 1. The lowest BCUT2D eigenvalue weighted by atomic mass is 9.77. The lowest BCUT2D eigenvalue weighted by Gasteiger charge is -2.41. The third-order valence-corrected chi connectivity index (χ3v) is 5.11. The van der Waals surface area contributed by atoms with Crippen molar-refractivity contribution in [2.24, 2.45) is 10.9 Å². The molecule has 2 aliphatic carbocycles. The number of carbonyl (C=O) groups excluding carboxylic acids is 1. The zero-order valence-corrected chi connectivity index (χ0v) is 12.9. The third kappa shape index (κ3) is 3.48. The molecule has 2 rings (SSSR count). The lowest BCUT2D eigenvalue weighted by Crippen LogP contribution is -2.58. The molecule has 0 aromatic carbocycles. The maximum absolute atomic E-state index is 12.4. The molecule has 6 heteroatoms. The molecule has 0 bridgehead atoms. The van der Waals surface area contributed by atoms with Gasteiger partial charge in [0.15, 0.2) is 5.84 Å². The Bertz CT molecular complexity index is 391. The van der Waals surface area contributed by atoms with Crippen LogP contribution < -0.4 is 11.1 Å². The molecule has 0 saturated heterocycles. The predicted molar refractivity (Wildman–Crippen MR) is 80.2 cm³/mol. The average molecular weight is 297 g/mol. The molecule has 0 radical (unpaired) electrons. The normalized spacial score (nSPS) is 24.7. The molecule has 0 heterocycles. The summed E-state index contributed by atoms with van der Waals surface area (Å²) in [6, 6.07) is 0. The molecule has 0 unspecified atom stereocenters. The summed E-state index contributed by atoms with van der Waals surface area (Å²) in [5.41, 5.74) is 4.90. The second-order valence-electron chi connectivity index (χ2n) is 6.45. The van der Waals surface area contributed by atoms with Crippen molar-refractivity contribution in [2.45, 2.75) is 75.3 Å². The second-order valence-corrected chi connectivity index (χ2v) is 6.45. The van der Waals surface area contributed by atoms with E-state index in [1.54, 1.807) is 7.11 Å². The molecule has 21 heavy (non-hydrogen) atoms. The number of nitrogens with zero attached hydrogens (tertiary/aromatic N) is 1. The van der Waals surface area contributed by atoms with Crippen LogP contribution in [0, 0.1) is 0 Å². The summed E-state index contributed by atoms with van der Waals surface area (Å²) >= 11 is 0. The Morgan fingerprint density at radius 1 is 1.19 bits per heavy atom. The number of amidine groups is 1. The van der Waals surface area contributed by atoms with Crippen molar-refractivity contribution in [3.05, 3.63) is 0 Å². The predicted octanol–water partition coefficient (Wildman–Crippen LogP) is 1.90. The number of hydrogen-bond acceptors (Lipinski definition) is 4. The van der Waals surface area contributed by atoms with Gasteiger partial charge in [-0.05, 0) is 32.1 Å².